The molecule has 2 aromatic carbocycles. The molecule has 0 bridgehead atoms. The molecule has 0 radical (unpaired) electrons. The van der Waals surface area contributed by atoms with Crippen LogP contribution in [-0.4, -0.2) is 69.2 Å². The van der Waals surface area contributed by atoms with E-state index in [0.29, 0.717) is 31.3 Å². The van der Waals surface area contributed by atoms with Gasteiger partial charge >= 0.3 is 0 Å². The van der Waals surface area contributed by atoms with E-state index in [1.165, 1.54) is 5.69 Å². The molecule has 0 unspecified atom stereocenters. The lowest BCUT2D eigenvalue weighted by atomic mass is 10.1. The van der Waals surface area contributed by atoms with Crippen LogP contribution in [0.3, 0.4) is 0 Å². The van der Waals surface area contributed by atoms with E-state index in [4.69, 9.17) is 9.47 Å². The summed E-state index contributed by atoms with van der Waals surface area (Å²) in [5, 5.41) is 3.02. The number of aryl methyl sites for hydroxylation is 1. The Hall–Kier alpha value is -3.26. The van der Waals surface area contributed by atoms with Crippen molar-refractivity contribution in [2.75, 3.05) is 67.6 Å². The van der Waals surface area contributed by atoms with E-state index < -0.39 is 5.92 Å². The third kappa shape index (κ3) is 4.55. The van der Waals surface area contributed by atoms with Crippen LogP contribution in [0.25, 0.3) is 0 Å². The highest BCUT2D eigenvalue weighted by Crippen LogP contribution is 2.36. The van der Waals surface area contributed by atoms with E-state index in [1.807, 2.05) is 30.3 Å². The van der Waals surface area contributed by atoms with Gasteiger partial charge in [-0.2, -0.15) is 0 Å². The zero-order valence-electron chi connectivity index (χ0n) is 19.9. The molecule has 1 N–H and O–H groups in total. The highest BCUT2D eigenvalue weighted by molar-refractivity contribution is 6.03. The average Bonchev–Trinajstić information content (AvgIpc) is 3.26. The van der Waals surface area contributed by atoms with Crippen LogP contribution in [0.1, 0.15) is 18.9 Å². The lowest BCUT2D eigenvalue weighted by Crippen LogP contribution is -2.46. The Morgan fingerprint density at radius 2 is 1.79 bits per heavy atom. The molecular weight excluding hydrogens is 432 g/mol. The monoisotopic (exact) mass is 464 g/mol. The van der Waals surface area contributed by atoms with Gasteiger partial charge < -0.3 is 29.5 Å². The van der Waals surface area contributed by atoms with Crippen LogP contribution in [0.5, 0.6) is 11.5 Å². The highest BCUT2D eigenvalue weighted by Gasteiger charge is 2.35. The largest absolute Gasteiger partial charge is 0.486 e. The first-order valence-electron chi connectivity index (χ1n) is 12.1. The number of benzene rings is 2. The van der Waals surface area contributed by atoms with E-state index in [-0.39, 0.29) is 18.2 Å². The number of anilines is 3. The molecule has 0 saturated carbocycles. The molecule has 3 aliphatic rings. The van der Waals surface area contributed by atoms with Gasteiger partial charge in [0.05, 0.1) is 5.92 Å². The van der Waals surface area contributed by atoms with Crippen molar-refractivity contribution in [1.29, 1.82) is 0 Å². The van der Waals surface area contributed by atoms with E-state index in [2.05, 4.69) is 35.0 Å². The Morgan fingerprint density at radius 3 is 2.53 bits per heavy atom. The fourth-order valence-electron chi connectivity index (χ4n) is 4.97. The zero-order chi connectivity index (χ0) is 23.7. The fraction of sp³-hybridized carbons (Fsp3) is 0.462. The molecule has 0 aliphatic carbocycles. The van der Waals surface area contributed by atoms with Crippen molar-refractivity contribution in [3.05, 3.63) is 42.0 Å². The van der Waals surface area contributed by atoms with Crippen molar-refractivity contribution in [1.82, 2.24) is 4.90 Å². The molecule has 2 fully saturated rings. The van der Waals surface area contributed by atoms with E-state index in [0.717, 1.165) is 49.7 Å². The molecule has 0 spiro atoms. The van der Waals surface area contributed by atoms with Crippen molar-refractivity contribution >= 4 is 28.9 Å². The van der Waals surface area contributed by atoms with Crippen LogP contribution >= 0.6 is 0 Å². The first-order chi connectivity index (χ1) is 16.5. The van der Waals surface area contributed by atoms with Crippen molar-refractivity contribution in [2.45, 2.75) is 20.3 Å². The minimum absolute atomic E-state index is 0.0606. The van der Waals surface area contributed by atoms with Crippen LogP contribution < -0.4 is 24.6 Å². The maximum atomic E-state index is 13.0. The molecule has 34 heavy (non-hydrogen) atoms. The molecule has 8 nitrogen and oxygen atoms in total. The molecule has 0 aromatic heterocycles. The molecule has 8 heteroatoms. The number of ether oxygens (including phenoxy) is 2. The SMILES string of the molecule is CCN1CCN(c2ccc(NC(=O)[C@@H]3CC(=O)N(c4ccc5c(c4)OCCO5)C3)cc2C)CC1. The van der Waals surface area contributed by atoms with Gasteiger partial charge in [-0.15, -0.1) is 0 Å². The Balaban J connectivity index is 1.22. The molecule has 3 heterocycles. The van der Waals surface area contributed by atoms with E-state index >= 15 is 0 Å². The van der Waals surface area contributed by atoms with Crippen LogP contribution in [-0.2, 0) is 9.59 Å². The average molecular weight is 465 g/mol. The first-order valence-corrected chi connectivity index (χ1v) is 12.1. The quantitative estimate of drug-likeness (QED) is 0.734. The zero-order valence-corrected chi connectivity index (χ0v) is 19.9. The molecule has 3 aliphatic heterocycles. The number of carbonyl (C=O) groups excluding carboxylic acids is 2. The van der Waals surface area contributed by atoms with Crippen LogP contribution in [0, 0.1) is 12.8 Å². The number of likely N-dealkylation sites (N-methyl/N-ethyl adjacent to an activating group) is 1. The summed E-state index contributed by atoms with van der Waals surface area (Å²) in [5.74, 6) is 0.729. The second-order valence-corrected chi connectivity index (χ2v) is 9.15. The summed E-state index contributed by atoms with van der Waals surface area (Å²) in [5.41, 5.74) is 3.86. The van der Waals surface area contributed by atoms with Gasteiger partial charge in [0.25, 0.3) is 0 Å². The van der Waals surface area contributed by atoms with Crippen LogP contribution in [0.15, 0.2) is 36.4 Å². The molecular formula is C26H32N4O4. The van der Waals surface area contributed by atoms with Gasteiger partial charge in [-0.25, -0.2) is 0 Å². The van der Waals surface area contributed by atoms with Crippen molar-refractivity contribution in [2.24, 2.45) is 5.92 Å². The van der Waals surface area contributed by atoms with Gasteiger partial charge in [-0.3, -0.25) is 9.59 Å². The summed E-state index contributed by atoms with van der Waals surface area (Å²) in [7, 11) is 0. The van der Waals surface area contributed by atoms with E-state index in [1.54, 1.807) is 4.90 Å². The smallest absolute Gasteiger partial charge is 0.229 e. The summed E-state index contributed by atoms with van der Waals surface area (Å²) < 4.78 is 11.2. The number of hydrogen-bond acceptors (Lipinski definition) is 6. The van der Waals surface area contributed by atoms with Crippen molar-refractivity contribution in [3.63, 3.8) is 0 Å². The summed E-state index contributed by atoms with van der Waals surface area (Å²) in [6.45, 7) is 10.9. The lowest BCUT2D eigenvalue weighted by molar-refractivity contribution is -0.122. The number of fused-ring (bicyclic) bond motifs is 1. The minimum Gasteiger partial charge on any atom is -0.486 e. The first kappa shape index (κ1) is 22.5. The standard InChI is InChI=1S/C26H32N4O4/c1-3-28-8-10-29(11-9-28)22-6-4-20(14-18(22)2)27-26(32)19-15-25(31)30(17-19)21-5-7-23-24(16-21)34-13-12-33-23/h4-7,14,16,19H,3,8-13,15,17H2,1-2H3,(H,27,32)/t19-/m1/s1. The van der Waals surface area contributed by atoms with Gasteiger partial charge in [-0.1, -0.05) is 6.92 Å². The highest BCUT2D eigenvalue weighted by atomic mass is 16.6. The predicted octanol–water partition coefficient (Wildman–Crippen LogP) is 2.90. The third-order valence-corrected chi connectivity index (χ3v) is 6.96. The Kier molecular flexibility index (Phi) is 6.32. The molecule has 2 aromatic rings. The Bertz CT molecular complexity index is 1080. The fourth-order valence-corrected chi connectivity index (χ4v) is 4.97. The molecule has 2 amide bonds. The summed E-state index contributed by atoms with van der Waals surface area (Å²) >= 11 is 0. The Morgan fingerprint density at radius 1 is 1.03 bits per heavy atom. The molecule has 5 rings (SSSR count). The normalized spacial score (nSPS) is 20.5. The summed E-state index contributed by atoms with van der Waals surface area (Å²) in [4.78, 5) is 32.2. The van der Waals surface area contributed by atoms with Gasteiger partial charge in [-0.05, 0) is 49.4 Å². The minimum atomic E-state index is -0.400. The number of carbonyl (C=O) groups is 2. The predicted molar refractivity (Wildman–Crippen MR) is 132 cm³/mol. The van der Waals surface area contributed by atoms with Gasteiger partial charge in [0.2, 0.25) is 11.8 Å². The third-order valence-electron chi connectivity index (χ3n) is 6.96. The lowest BCUT2D eigenvalue weighted by Gasteiger charge is -2.36. The van der Waals surface area contributed by atoms with Crippen molar-refractivity contribution < 1.29 is 19.1 Å². The second-order valence-electron chi connectivity index (χ2n) is 9.15. The maximum Gasteiger partial charge on any atom is 0.229 e. The topological polar surface area (TPSA) is 74.4 Å². The summed E-state index contributed by atoms with van der Waals surface area (Å²) in [6, 6.07) is 11.5. The molecule has 1 atom stereocenters. The van der Waals surface area contributed by atoms with Crippen LogP contribution in [0.2, 0.25) is 0 Å². The van der Waals surface area contributed by atoms with Crippen molar-refractivity contribution in [3.8, 4) is 11.5 Å². The number of nitrogens with zero attached hydrogens (tertiary/aromatic N) is 3. The number of hydrogen-bond donors (Lipinski definition) is 1. The number of amides is 2. The number of rotatable bonds is 5. The summed E-state index contributed by atoms with van der Waals surface area (Å²) in [6.07, 6.45) is 0.193. The molecule has 2 saturated heterocycles. The van der Waals surface area contributed by atoms with Gasteiger partial charge in [0.1, 0.15) is 13.2 Å². The second kappa shape index (κ2) is 9.54. The maximum absolute atomic E-state index is 13.0. The van der Waals surface area contributed by atoms with Crippen LogP contribution in [0.4, 0.5) is 17.1 Å². The Labute approximate surface area is 200 Å². The van der Waals surface area contributed by atoms with Gasteiger partial charge in [0, 0.05) is 62.3 Å². The number of piperazine rings is 1. The number of nitrogens with one attached hydrogen (secondary N) is 1. The van der Waals surface area contributed by atoms with E-state index in [9.17, 15) is 9.59 Å². The van der Waals surface area contributed by atoms with Gasteiger partial charge in [0.15, 0.2) is 11.5 Å². The molecule has 180 valence electrons.